The minimum atomic E-state index is 0.537. The number of anilines is 1. The third-order valence-corrected chi connectivity index (χ3v) is 4.00. The van der Waals surface area contributed by atoms with E-state index in [1.807, 2.05) is 6.20 Å². The van der Waals surface area contributed by atoms with Crippen LogP contribution in [0.15, 0.2) is 6.20 Å². The van der Waals surface area contributed by atoms with E-state index in [0.29, 0.717) is 12.1 Å². The quantitative estimate of drug-likeness (QED) is 0.898. The fourth-order valence-electron chi connectivity index (χ4n) is 3.03. The minimum absolute atomic E-state index is 0.537. The molecule has 110 valence electrons. The van der Waals surface area contributed by atoms with Crippen molar-refractivity contribution in [2.75, 3.05) is 31.2 Å². The molecule has 2 heterocycles. The molecule has 1 aliphatic heterocycles. The Bertz CT molecular complexity index is 457. The van der Waals surface area contributed by atoms with Gasteiger partial charge in [-0.25, -0.2) is 9.97 Å². The van der Waals surface area contributed by atoms with Gasteiger partial charge in [0.15, 0.2) is 0 Å². The zero-order valence-electron chi connectivity index (χ0n) is 12.4. The molecule has 1 fully saturated rings. The molecule has 0 aromatic carbocycles. The van der Waals surface area contributed by atoms with E-state index in [1.165, 1.54) is 17.7 Å². The van der Waals surface area contributed by atoms with E-state index in [9.17, 15) is 0 Å². The third kappa shape index (κ3) is 3.10. The summed E-state index contributed by atoms with van der Waals surface area (Å²) >= 11 is 0. The van der Waals surface area contributed by atoms with Crippen LogP contribution in [0.5, 0.6) is 0 Å². The molecule has 0 bridgehead atoms. The Kier molecular flexibility index (Phi) is 4.17. The zero-order valence-corrected chi connectivity index (χ0v) is 12.4. The Morgan fingerprint density at radius 2 is 2.15 bits per heavy atom. The molecule has 1 aliphatic carbocycles. The lowest BCUT2D eigenvalue weighted by Gasteiger charge is -2.29. The standard InChI is InChI=1S/C15H24N4O/c1-11(2)17-13-3-4-14-12(9-13)10-16-15(18-14)19-5-7-20-8-6-19/h10-11,13,17H,3-9H2,1-2H3. The van der Waals surface area contributed by atoms with E-state index in [0.717, 1.165) is 45.1 Å². The van der Waals surface area contributed by atoms with Gasteiger partial charge in [-0.15, -0.1) is 0 Å². The van der Waals surface area contributed by atoms with Gasteiger partial charge in [-0.3, -0.25) is 0 Å². The summed E-state index contributed by atoms with van der Waals surface area (Å²) in [5.74, 6) is 0.877. The molecule has 0 amide bonds. The highest BCUT2D eigenvalue weighted by Crippen LogP contribution is 2.22. The van der Waals surface area contributed by atoms with Crippen LogP contribution in [0.25, 0.3) is 0 Å². The molecule has 1 aromatic heterocycles. The number of hydrogen-bond acceptors (Lipinski definition) is 5. The maximum Gasteiger partial charge on any atom is 0.225 e. The highest BCUT2D eigenvalue weighted by molar-refractivity contribution is 5.35. The maximum absolute atomic E-state index is 5.38. The van der Waals surface area contributed by atoms with E-state index in [1.54, 1.807) is 0 Å². The summed E-state index contributed by atoms with van der Waals surface area (Å²) in [6.07, 6.45) is 5.31. The van der Waals surface area contributed by atoms with Gasteiger partial charge >= 0.3 is 0 Å². The second-order valence-electron chi connectivity index (χ2n) is 6.00. The number of hydrogen-bond donors (Lipinski definition) is 1. The Morgan fingerprint density at radius 3 is 2.90 bits per heavy atom. The summed E-state index contributed by atoms with van der Waals surface area (Å²) in [7, 11) is 0. The number of ether oxygens (including phenoxy) is 1. The molecule has 2 aliphatic rings. The number of nitrogens with one attached hydrogen (secondary N) is 1. The predicted molar refractivity (Wildman–Crippen MR) is 79.1 cm³/mol. The van der Waals surface area contributed by atoms with Gasteiger partial charge in [-0.05, 0) is 24.8 Å². The van der Waals surface area contributed by atoms with Crippen molar-refractivity contribution in [2.45, 2.75) is 45.2 Å². The van der Waals surface area contributed by atoms with Gasteiger partial charge in [0.2, 0.25) is 5.95 Å². The lowest BCUT2D eigenvalue weighted by molar-refractivity contribution is 0.122. The Balaban J connectivity index is 1.71. The lowest BCUT2D eigenvalue weighted by Crippen LogP contribution is -2.40. The molecule has 0 spiro atoms. The normalized spacial score (nSPS) is 22.9. The van der Waals surface area contributed by atoms with Crippen molar-refractivity contribution in [3.63, 3.8) is 0 Å². The number of aryl methyl sites for hydroxylation is 1. The van der Waals surface area contributed by atoms with Crippen molar-refractivity contribution < 1.29 is 4.74 Å². The van der Waals surface area contributed by atoms with Crippen molar-refractivity contribution in [1.29, 1.82) is 0 Å². The van der Waals surface area contributed by atoms with Crippen LogP contribution in [0.3, 0.4) is 0 Å². The molecule has 1 aromatic rings. The van der Waals surface area contributed by atoms with E-state index in [2.05, 4.69) is 29.0 Å². The SMILES string of the molecule is CC(C)NC1CCc2nc(N3CCOCC3)ncc2C1. The molecular formula is C15H24N4O. The van der Waals surface area contributed by atoms with Crippen LogP contribution in [-0.2, 0) is 17.6 Å². The molecule has 1 saturated heterocycles. The monoisotopic (exact) mass is 276 g/mol. The van der Waals surface area contributed by atoms with Gasteiger partial charge in [0, 0.05) is 37.1 Å². The Morgan fingerprint density at radius 1 is 1.35 bits per heavy atom. The fraction of sp³-hybridized carbons (Fsp3) is 0.733. The predicted octanol–water partition coefficient (Wildman–Crippen LogP) is 1.17. The van der Waals surface area contributed by atoms with Gasteiger partial charge < -0.3 is 15.0 Å². The average molecular weight is 276 g/mol. The molecule has 1 atom stereocenters. The fourth-order valence-corrected chi connectivity index (χ4v) is 3.03. The first-order chi connectivity index (χ1) is 9.72. The molecule has 3 rings (SSSR count). The van der Waals surface area contributed by atoms with Crippen LogP contribution >= 0.6 is 0 Å². The van der Waals surface area contributed by atoms with Crippen LogP contribution in [0, 0.1) is 0 Å². The largest absolute Gasteiger partial charge is 0.378 e. The lowest BCUT2D eigenvalue weighted by atomic mass is 9.92. The Hall–Kier alpha value is -1.20. The number of aromatic nitrogens is 2. The van der Waals surface area contributed by atoms with E-state index < -0.39 is 0 Å². The van der Waals surface area contributed by atoms with Crippen LogP contribution < -0.4 is 10.2 Å². The third-order valence-electron chi connectivity index (χ3n) is 4.00. The van der Waals surface area contributed by atoms with Crippen molar-refractivity contribution in [1.82, 2.24) is 15.3 Å². The van der Waals surface area contributed by atoms with E-state index in [-0.39, 0.29) is 0 Å². The second-order valence-corrected chi connectivity index (χ2v) is 6.00. The molecule has 5 heteroatoms. The van der Waals surface area contributed by atoms with Crippen LogP contribution in [-0.4, -0.2) is 48.4 Å². The minimum Gasteiger partial charge on any atom is -0.378 e. The first-order valence-corrected chi connectivity index (χ1v) is 7.66. The topological polar surface area (TPSA) is 50.3 Å². The van der Waals surface area contributed by atoms with Crippen LogP contribution in [0.4, 0.5) is 5.95 Å². The number of rotatable bonds is 3. The average Bonchev–Trinajstić information content (AvgIpc) is 2.47. The molecule has 0 radical (unpaired) electrons. The maximum atomic E-state index is 5.38. The van der Waals surface area contributed by atoms with Crippen LogP contribution in [0.1, 0.15) is 31.5 Å². The Labute approximate surface area is 120 Å². The van der Waals surface area contributed by atoms with Crippen LogP contribution in [0.2, 0.25) is 0 Å². The summed E-state index contributed by atoms with van der Waals surface area (Å²) in [5.41, 5.74) is 2.55. The van der Waals surface area contributed by atoms with Gasteiger partial charge in [-0.1, -0.05) is 13.8 Å². The van der Waals surface area contributed by atoms with Gasteiger partial charge in [0.25, 0.3) is 0 Å². The zero-order chi connectivity index (χ0) is 13.9. The van der Waals surface area contributed by atoms with Crippen molar-refractivity contribution >= 4 is 5.95 Å². The first kappa shape index (κ1) is 13.8. The molecular weight excluding hydrogens is 252 g/mol. The summed E-state index contributed by atoms with van der Waals surface area (Å²) in [4.78, 5) is 11.6. The molecule has 1 unspecified atom stereocenters. The number of morpholine rings is 1. The summed E-state index contributed by atoms with van der Waals surface area (Å²) in [5, 5.41) is 3.62. The van der Waals surface area contributed by atoms with Crippen molar-refractivity contribution in [2.24, 2.45) is 0 Å². The molecule has 1 N–H and O–H groups in total. The second kappa shape index (κ2) is 6.06. The van der Waals surface area contributed by atoms with Crippen molar-refractivity contribution in [3.8, 4) is 0 Å². The van der Waals surface area contributed by atoms with Gasteiger partial charge in [-0.2, -0.15) is 0 Å². The highest BCUT2D eigenvalue weighted by Gasteiger charge is 2.22. The first-order valence-electron chi connectivity index (χ1n) is 7.66. The molecule has 20 heavy (non-hydrogen) atoms. The summed E-state index contributed by atoms with van der Waals surface area (Å²) in [6.45, 7) is 7.76. The van der Waals surface area contributed by atoms with Crippen molar-refractivity contribution in [3.05, 3.63) is 17.5 Å². The molecule has 5 nitrogen and oxygen atoms in total. The van der Waals surface area contributed by atoms with Gasteiger partial charge in [0.05, 0.1) is 13.2 Å². The smallest absolute Gasteiger partial charge is 0.225 e. The van der Waals surface area contributed by atoms with Gasteiger partial charge in [0.1, 0.15) is 0 Å². The summed E-state index contributed by atoms with van der Waals surface area (Å²) < 4.78 is 5.38. The molecule has 0 saturated carbocycles. The summed E-state index contributed by atoms with van der Waals surface area (Å²) in [6, 6.07) is 1.11. The van der Waals surface area contributed by atoms with E-state index >= 15 is 0 Å². The number of fused-ring (bicyclic) bond motifs is 1. The highest BCUT2D eigenvalue weighted by atomic mass is 16.5. The number of nitrogens with zero attached hydrogens (tertiary/aromatic N) is 3. The van der Waals surface area contributed by atoms with E-state index in [4.69, 9.17) is 9.72 Å².